The Kier molecular flexibility index (Phi) is 4.85. The number of hydrogen-bond donors (Lipinski definition) is 2. The van der Waals surface area contributed by atoms with Gasteiger partial charge >= 0.3 is 0 Å². The molecule has 1 heterocycles. The third-order valence-corrected chi connectivity index (χ3v) is 3.46. The third-order valence-electron chi connectivity index (χ3n) is 3.46. The van der Waals surface area contributed by atoms with E-state index in [1.807, 2.05) is 6.07 Å². The number of carbonyl (C=O) groups excluding carboxylic acids is 1. The molecular formula is C19H14FN5O. The molecule has 1 aromatic heterocycles. The molecule has 0 unspecified atom stereocenters. The van der Waals surface area contributed by atoms with E-state index in [-0.39, 0.29) is 17.5 Å². The lowest BCUT2D eigenvalue weighted by molar-refractivity contribution is 0.102. The maximum atomic E-state index is 13.0. The Morgan fingerprint density at radius 3 is 2.35 bits per heavy atom. The summed E-state index contributed by atoms with van der Waals surface area (Å²) in [5.41, 5.74) is 2.46. The van der Waals surface area contributed by atoms with Crippen molar-refractivity contribution in [3.8, 4) is 6.07 Å². The zero-order valence-corrected chi connectivity index (χ0v) is 13.8. The number of carbonyl (C=O) groups is 1. The van der Waals surface area contributed by atoms with E-state index < -0.39 is 5.91 Å². The van der Waals surface area contributed by atoms with Crippen LogP contribution < -0.4 is 10.6 Å². The topological polar surface area (TPSA) is 90.7 Å². The molecule has 2 N–H and O–H groups in total. The molecule has 0 aliphatic rings. The lowest BCUT2D eigenvalue weighted by atomic mass is 10.2. The SMILES string of the molecule is Cc1cc(C(=O)Nc2ccc(C#N)cc2)nc(Nc2ccc(F)cc2)n1. The maximum Gasteiger partial charge on any atom is 0.274 e. The van der Waals surface area contributed by atoms with Gasteiger partial charge in [0.15, 0.2) is 0 Å². The molecule has 26 heavy (non-hydrogen) atoms. The summed E-state index contributed by atoms with van der Waals surface area (Å²) in [6, 6.07) is 15.8. The number of anilines is 3. The van der Waals surface area contributed by atoms with Gasteiger partial charge in [-0.25, -0.2) is 14.4 Å². The van der Waals surface area contributed by atoms with Crippen molar-refractivity contribution in [1.29, 1.82) is 5.26 Å². The standard InChI is InChI=1S/C19H14FN5O/c1-12-10-17(18(26)23-15-6-2-13(11-21)3-7-15)25-19(22-12)24-16-8-4-14(20)5-9-16/h2-10H,1H3,(H,23,26)(H,22,24,25). The van der Waals surface area contributed by atoms with Gasteiger partial charge < -0.3 is 10.6 Å². The second-order valence-corrected chi connectivity index (χ2v) is 5.49. The summed E-state index contributed by atoms with van der Waals surface area (Å²) in [5.74, 6) is -0.507. The van der Waals surface area contributed by atoms with Crippen LogP contribution in [0.1, 0.15) is 21.7 Å². The van der Waals surface area contributed by atoms with Crippen LogP contribution in [0.3, 0.4) is 0 Å². The van der Waals surface area contributed by atoms with Crippen LogP contribution in [0.25, 0.3) is 0 Å². The Bertz CT molecular complexity index is 978. The van der Waals surface area contributed by atoms with Crippen molar-refractivity contribution in [2.24, 2.45) is 0 Å². The summed E-state index contributed by atoms with van der Waals surface area (Å²) in [7, 11) is 0. The summed E-state index contributed by atoms with van der Waals surface area (Å²) in [5, 5.41) is 14.5. The Morgan fingerprint density at radius 1 is 1.04 bits per heavy atom. The number of aryl methyl sites for hydroxylation is 1. The number of rotatable bonds is 4. The third kappa shape index (κ3) is 4.19. The number of nitriles is 1. The molecule has 6 nitrogen and oxygen atoms in total. The predicted molar refractivity (Wildman–Crippen MR) is 95.6 cm³/mol. The molecule has 0 aliphatic carbocycles. The average Bonchev–Trinajstić information content (AvgIpc) is 2.64. The number of nitrogens with one attached hydrogen (secondary N) is 2. The largest absolute Gasteiger partial charge is 0.324 e. The van der Waals surface area contributed by atoms with E-state index in [4.69, 9.17) is 5.26 Å². The van der Waals surface area contributed by atoms with Crippen molar-refractivity contribution in [2.75, 3.05) is 10.6 Å². The Hall–Kier alpha value is -3.79. The van der Waals surface area contributed by atoms with Crippen LogP contribution in [0, 0.1) is 24.1 Å². The summed E-state index contributed by atoms with van der Waals surface area (Å²) in [6.45, 7) is 1.75. The minimum atomic E-state index is -0.401. The number of amides is 1. The molecule has 3 aromatic rings. The minimum absolute atomic E-state index is 0.187. The molecule has 0 spiro atoms. The van der Waals surface area contributed by atoms with Crippen LogP contribution in [-0.4, -0.2) is 15.9 Å². The second-order valence-electron chi connectivity index (χ2n) is 5.49. The number of benzene rings is 2. The molecule has 0 aliphatic heterocycles. The van der Waals surface area contributed by atoms with Crippen molar-refractivity contribution in [1.82, 2.24) is 9.97 Å². The molecule has 7 heteroatoms. The first kappa shape index (κ1) is 17.0. The fourth-order valence-electron chi connectivity index (χ4n) is 2.23. The first-order chi connectivity index (χ1) is 12.5. The Balaban J connectivity index is 1.78. The van der Waals surface area contributed by atoms with Gasteiger partial charge in [0, 0.05) is 17.1 Å². The number of halogens is 1. The van der Waals surface area contributed by atoms with Crippen LogP contribution in [-0.2, 0) is 0 Å². The molecule has 0 saturated heterocycles. The number of nitrogens with zero attached hydrogens (tertiary/aromatic N) is 3. The molecule has 2 aromatic carbocycles. The highest BCUT2D eigenvalue weighted by molar-refractivity contribution is 6.03. The van der Waals surface area contributed by atoms with Crippen molar-refractivity contribution in [3.63, 3.8) is 0 Å². The lowest BCUT2D eigenvalue weighted by Gasteiger charge is -2.09. The predicted octanol–water partition coefficient (Wildman–Crippen LogP) is 3.79. The summed E-state index contributed by atoms with van der Waals surface area (Å²) in [6.07, 6.45) is 0. The average molecular weight is 347 g/mol. The highest BCUT2D eigenvalue weighted by Crippen LogP contribution is 2.16. The molecule has 0 fully saturated rings. The van der Waals surface area contributed by atoms with E-state index in [1.165, 1.54) is 12.1 Å². The van der Waals surface area contributed by atoms with Gasteiger partial charge in [0.1, 0.15) is 11.5 Å². The Morgan fingerprint density at radius 2 is 1.69 bits per heavy atom. The van der Waals surface area contributed by atoms with Gasteiger partial charge in [-0.2, -0.15) is 5.26 Å². The fraction of sp³-hybridized carbons (Fsp3) is 0.0526. The molecule has 3 rings (SSSR count). The summed E-state index contributed by atoms with van der Waals surface area (Å²) < 4.78 is 13.0. The molecular weight excluding hydrogens is 333 g/mol. The van der Waals surface area contributed by atoms with Gasteiger partial charge in [0.25, 0.3) is 5.91 Å². The molecule has 128 valence electrons. The molecule has 1 amide bonds. The first-order valence-electron chi connectivity index (χ1n) is 7.73. The zero-order valence-electron chi connectivity index (χ0n) is 13.8. The van der Waals surface area contributed by atoms with E-state index in [0.29, 0.717) is 22.6 Å². The smallest absolute Gasteiger partial charge is 0.274 e. The molecule has 0 saturated carbocycles. The van der Waals surface area contributed by atoms with E-state index >= 15 is 0 Å². The molecule has 0 atom stereocenters. The van der Waals surface area contributed by atoms with E-state index in [9.17, 15) is 9.18 Å². The van der Waals surface area contributed by atoms with Crippen molar-refractivity contribution >= 4 is 23.2 Å². The number of aromatic nitrogens is 2. The van der Waals surface area contributed by atoms with Gasteiger partial charge in [-0.15, -0.1) is 0 Å². The van der Waals surface area contributed by atoms with Crippen LogP contribution in [0.15, 0.2) is 54.6 Å². The van der Waals surface area contributed by atoms with E-state index in [0.717, 1.165) is 0 Å². The fourth-order valence-corrected chi connectivity index (χ4v) is 2.23. The van der Waals surface area contributed by atoms with Gasteiger partial charge in [0.2, 0.25) is 5.95 Å². The van der Waals surface area contributed by atoms with Crippen molar-refractivity contribution in [3.05, 3.63) is 77.4 Å². The molecule has 0 radical (unpaired) electrons. The van der Waals surface area contributed by atoms with Gasteiger partial charge in [0.05, 0.1) is 11.6 Å². The van der Waals surface area contributed by atoms with Crippen LogP contribution in [0.2, 0.25) is 0 Å². The lowest BCUT2D eigenvalue weighted by Crippen LogP contribution is -2.15. The minimum Gasteiger partial charge on any atom is -0.324 e. The highest BCUT2D eigenvalue weighted by Gasteiger charge is 2.11. The maximum absolute atomic E-state index is 13.0. The quantitative estimate of drug-likeness (QED) is 0.749. The second kappa shape index (κ2) is 7.40. The Labute approximate surface area is 149 Å². The van der Waals surface area contributed by atoms with Crippen LogP contribution >= 0.6 is 0 Å². The summed E-state index contributed by atoms with van der Waals surface area (Å²) in [4.78, 5) is 20.9. The van der Waals surface area contributed by atoms with Gasteiger partial charge in [-0.3, -0.25) is 4.79 Å². The van der Waals surface area contributed by atoms with Gasteiger partial charge in [-0.05, 0) is 61.5 Å². The monoisotopic (exact) mass is 347 g/mol. The number of hydrogen-bond acceptors (Lipinski definition) is 5. The van der Waals surface area contributed by atoms with Crippen molar-refractivity contribution < 1.29 is 9.18 Å². The van der Waals surface area contributed by atoms with Gasteiger partial charge in [-0.1, -0.05) is 0 Å². The molecule has 0 bridgehead atoms. The zero-order chi connectivity index (χ0) is 18.5. The van der Waals surface area contributed by atoms with E-state index in [2.05, 4.69) is 20.6 Å². The highest BCUT2D eigenvalue weighted by atomic mass is 19.1. The van der Waals surface area contributed by atoms with Crippen LogP contribution in [0.4, 0.5) is 21.7 Å². The van der Waals surface area contributed by atoms with Crippen LogP contribution in [0.5, 0.6) is 0 Å². The first-order valence-corrected chi connectivity index (χ1v) is 7.73. The normalized spacial score (nSPS) is 10.0. The van der Waals surface area contributed by atoms with E-state index in [1.54, 1.807) is 49.4 Å². The van der Waals surface area contributed by atoms with Crippen molar-refractivity contribution in [2.45, 2.75) is 6.92 Å². The summed E-state index contributed by atoms with van der Waals surface area (Å²) >= 11 is 0.